The molecule has 0 bridgehead atoms. The van der Waals surface area contributed by atoms with E-state index in [-0.39, 0.29) is 10.8 Å². The SMILES string of the molecule is CC1(C)C(n2cnc3ccc(C(=O)O)cc32)C1(C)C. The van der Waals surface area contributed by atoms with Crippen molar-refractivity contribution in [1.29, 1.82) is 0 Å². The van der Waals surface area contributed by atoms with Crippen molar-refractivity contribution in [3.63, 3.8) is 0 Å². The van der Waals surface area contributed by atoms with Crippen LogP contribution in [0.15, 0.2) is 24.5 Å². The number of aromatic nitrogens is 2. The van der Waals surface area contributed by atoms with E-state index in [0.29, 0.717) is 11.6 Å². The predicted molar refractivity (Wildman–Crippen MR) is 73.3 cm³/mol. The standard InChI is InChI=1S/C15H18N2O2/c1-14(2)13(15(14,3)4)17-8-16-10-6-5-9(12(18)19)7-11(10)17/h5-8,13H,1-4H3,(H,18,19). The molecule has 2 aromatic rings. The quantitative estimate of drug-likeness (QED) is 0.898. The molecule has 0 aliphatic heterocycles. The first-order chi connectivity index (χ1) is 8.76. The number of carboxylic acids is 1. The molecule has 0 saturated heterocycles. The maximum atomic E-state index is 11.1. The van der Waals surface area contributed by atoms with Crippen LogP contribution in [0.2, 0.25) is 0 Å². The van der Waals surface area contributed by atoms with E-state index < -0.39 is 5.97 Å². The first-order valence-corrected chi connectivity index (χ1v) is 6.46. The Kier molecular flexibility index (Phi) is 2.17. The Morgan fingerprint density at radius 3 is 2.42 bits per heavy atom. The number of aromatic carboxylic acids is 1. The second-order valence-electron chi connectivity index (χ2n) is 6.51. The number of imidazole rings is 1. The van der Waals surface area contributed by atoms with Gasteiger partial charge in [-0.05, 0) is 29.0 Å². The molecule has 4 nitrogen and oxygen atoms in total. The summed E-state index contributed by atoms with van der Waals surface area (Å²) in [4.78, 5) is 15.5. The first-order valence-electron chi connectivity index (χ1n) is 6.46. The number of nitrogens with zero attached hydrogens (tertiary/aromatic N) is 2. The minimum Gasteiger partial charge on any atom is -0.478 e. The molecule has 0 unspecified atom stereocenters. The maximum absolute atomic E-state index is 11.1. The van der Waals surface area contributed by atoms with Crippen LogP contribution >= 0.6 is 0 Å². The van der Waals surface area contributed by atoms with Crippen LogP contribution < -0.4 is 0 Å². The van der Waals surface area contributed by atoms with Crippen LogP contribution in [0.1, 0.15) is 44.1 Å². The summed E-state index contributed by atoms with van der Waals surface area (Å²) in [6.07, 6.45) is 1.83. The van der Waals surface area contributed by atoms with Crippen LogP contribution in [-0.4, -0.2) is 20.6 Å². The van der Waals surface area contributed by atoms with Gasteiger partial charge in [0.1, 0.15) is 0 Å². The van der Waals surface area contributed by atoms with Gasteiger partial charge >= 0.3 is 5.97 Å². The lowest BCUT2D eigenvalue weighted by Crippen LogP contribution is -2.01. The second kappa shape index (κ2) is 3.38. The summed E-state index contributed by atoms with van der Waals surface area (Å²) in [5.74, 6) is -0.899. The van der Waals surface area contributed by atoms with Gasteiger partial charge < -0.3 is 9.67 Å². The summed E-state index contributed by atoms with van der Waals surface area (Å²) in [5, 5.41) is 9.10. The molecule has 3 rings (SSSR count). The molecule has 1 fully saturated rings. The van der Waals surface area contributed by atoms with Gasteiger partial charge in [-0.1, -0.05) is 27.7 Å². The number of carboxylic acid groups (broad SMARTS) is 1. The van der Waals surface area contributed by atoms with Crippen LogP contribution in [0.3, 0.4) is 0 Å². The molecule has 1 aliphatic carbocycles. The zero-order valence-electron chi connectivity index (χ0n) is 11.6. The van der Waals surface area contributed by atoms with Gasteiger partial charge in [-0.25, -0.2) is 9.78 Å². The molecule has 1 N–H and O–H groups in total. The zero-order valence-corrected chi connectivity index (χ0v) is 11.6. The maximum Gasteiger partial charge on any atom is 0.335 e. The lowest BCUT2D eigenvalue weighted by Gasteiger charge is -2.06. The molecule has 0 radical (unpaired) electrons. The van der Waals surface area contributed by atoms with Crippen molar-refractivity contribution < 1.29 is 9.90 Å². The van der Waals surface area contributed by atoms with Gasteiger partial charge in [-0.15, -0.1) is 0 Å². The van der Waals surface area contributed by atoms with Crippen molar-refractivity contribution in [2.75, 3.05) is 0 Å². The van der Waals surface area contributed by atoms with Gasteiger partial charge in [0.2, 0.25) is 0 Å². The second-order valence-corrected chi connectivity index (χ2v) is 6.51. The van der Waals surface area contributed by atoms with E-state index in [9.17, 15) is 4.79 Å². The van der Waals surface area contributed by atoms with Crippen LogP contribution in [-0.2, 0) is 0 Å². The monoisotopic (exact) mass is 258 g/mol. The molecule has 1 heterocycles. The molecule has 1 aliphatic rings. The van der Waals surface area contributed by atoms with Crippen molar-refractivity contribution in [2.45, 2.75) is 33.7 Å². The minimum absolute atomic E-state index is 0.194. The smallest absolute Gasteiger partial charge is 0.335 e. The highest BCUT2D eigenvalue weighted by Gasteiger charge is 2.66. The third-order valence-electron chi connectivity index (χ3n) is 5.04. The van der Waals surface area contributed by atoms with Gasteiger partial charge in [-0.2, -0.15) is 0 Å². The molecule has 1 saturated carbocycles. The summed E-state index contributed by atoms with van der Waals surface area (Å²) < 4.78 is 2.13. The first kappa shape index (κ1) is 12.2. The normalized spacial score (nSPS) is 20.6. The molecule has 0 atom stereocenters. The van der Waals surface area contributed by atoms with E-state index in [1.807, 2.05) is 6.33 Å². The number of rotatable bonds is 2. The number of hydrogen-bond donors (Lipinski definition) is 1. The molecule has 4 heteroatoms. The fourth-order valence-corrected chi connectivity index (χ4v) is 3.22. The third-order valence-corrected chi connectivity index (χ3v) is 5.04. The van der Waals surface area contributed by atoms with Crippen molar-refractivity contribution in [2.24, 2.45) is 10.8 Å². The summed E-state index contributed by atoms with van der Waals surface area (Å²) in [5.41, 5.74) is 2.46. The van der Waals surface area contributed by atoms with Crippen LogP contribution in [0.25, 0.3) is 11.0 Å². The highest BCUT2D eigenvalue weighted by Crippen LogP contribution is 2.71. The van der Waals surface area contributed by atoms with Crippen molar-refractivity contribution in [3.05, 3.63) is 30.1 Å². The van der Waals surface area contributed by atoms with E-state index in [1.165, 1.54) is 0 Å². The highest BCUT2D eigenvalue weighted by molar-refractivity contribution is 5.92. The minimum atomic E-state index is -0.899. The molecular formula is C15H18N2O2. The largest absolute Gasteiger partial charge is 0.478 e. The Morgan fingerprint density at radius 2 is 1.89 bits per heavy atom. The Morgan fingerprint density at radius 1 is 1.26 bits per heavy atom. The van der Waals surface area contributed by atoms with E-state index in [1.54, 1.807) is 18.2 Å². The fraction of sp³-hybridized carbons (Fsp3) is 0.467. The average molecular weight is 258 g/mol. The Labute approximate surface area is 112 Å². The highest BCUT2D eigenvalue weighted by atomic mass is 16.4. The van der Waals surface area contributed by atoms with E-state index in [2.05, 4.69) is 37.2 Å². The molecule has 1 aromatic heterocycles. The lowest BCUT2D eigenvalue weighted by molar-refractivity contribution is 0.0697. The third kappa shape index (κ3) is 1.46. The van der Waals surface area contributed by atoms with Gasteiger partial charge in [0.25, 0.3) is 0 Å². The summed E-state index contributed by atoms with van der Waals surface area (Å²) in [6.45, 7) is 8.96. The van der Waals surface area contributed by atoms with Gasteiger partial charge in [0.05, 0.1) is 22.9 Å². The number of benzene rings is 1. The molecule has 0 spiro atoms. The Bertz CT molecular complexity index is 669. The summed E-state index contributed by atoms with van der Waals surface area (Å²) in [7, 11) is 0. The Balaban J connectivity index is 2.16. The molecular weight excluding hydrogens is 240 g/mol. The van der Waals surface area contributed by atoms with Crippen LogP contribution in [0.5, 0.6) is 0 Å². The molecule has 1 aromatic carbocycles. The Hall–Kier alpha value is -1.84. The van der Waals surface area contributed by atoms with E-state index in [0.717, 1.165) is 11.0 Å². The molecule has 100 valence electrons. The van der Waals surface area contributed by atoms with Crippen molar-refractivity contribution >= 4 is 17.0 Å². The fourth-order valence-electron chi connectivity index (χ4n) is 3.22. The van der Waals surface area contributed by atoms with Gasteiger partial charge in [0, 0.05) is 6.04 Å². The van der Waals surface area contributed by atoms with Crippen molar-refractivity contribution in [3.8, 4) is 0 Å². The van der Waals surface area contributed by atoms with Crippen LogP contribution in [0, 0.1) is 10.8 Å². The lowest BCUT2D eigenvalue weighted by atomic mass is 10.0. The van der Waals surface area contributed by atoms with E-state index >= 15 is 0 Å². The zero-order chi connectivity index (χ0) is 14.0. The molecule has 19 heavy (non-hydrogen) atoms. The van der Waals surface area contributed by atoms with Gasteiger partial charge in [-0.3, -0.25) is 0 Å². The van der Waals surface area contributed by atoms with Gasteiger partial charge in [0.15, 0.2) is 0 Å². The summed E-state index contributed by atoms with van der Waals surface area (Å²) in [6, 6.07) is 5.45. The average Bonchev–Trinajstić information content (AvgIpc) is 2.64. The number of carbonyl (C=O) groups is 1. The van der Waals surface area contributed by atoms with E-state index in [4.69, 9.17) is 5.11 Å². The topological polar surface area (TPSA) is 55.1 Å². The van der Waals surface area contributed by atoms with Crippen LogP contribution in [0.4, 0.5) is 0 Å². The molecule has 0 amide bonds. The number of fused-ring (bicyclic) bond motifs is 1. The number of hydrogen-bond acceptors (Lipinski definition) is 2. The predicted octanol–water partition coefficient (Wildman–Crippen LogP) is 3.34. The summed E-state index contributed by atoms with van der Waals surface area (Å²) >= 11 is 0. The van der Waals surface area contributed by atoms with Crippen molar-refractivity contribution in [1.82, 2.24) is 9.55 Å².